The minimum absolute atomic E-state index is 0.106. The maximum Gasteiger partial charge on any atom is 0.230 e. The van der Waals surface area contributed by atoms with Crippen LogP contribution in [0.2, 0.25) is 0 Å². The quantitative estimate of drug-likeness (QED) is 0.882. The van der Waals surface area contributed by atoms with Crippen LogP contribution in [0.3, 0.4) is 0 Å². The lowest BCUT2D eigenvalue weighted by molar-refractivity contribution is -0.132. The zero-order chi connectivity index (χ0) is 18.8. The number of nitrogens with zero attached hydrogens (tertiary/aromatic N) is 2. The zero-order valence-electron chi connectivity index (χ0n) is 15.3. The molecule has 5 heteroatoms. The second-order valence-corrected chi connectivity index (χ2v) is 7.63. The molecule has 2 aromatic carbocycles. The van der Waals surface area contributed by atoms with Crippen LogP contribution in [-0.2, 0) is 11.2 Å². The Hall–Kier alpha value is -2.24. The van der Waals surface area contributed by atoms with Gasteiger partial charge in [-0.15, -0.1) is 0 Å². The van der Waals surface area contributed by atoms with E-state index in [1.807, 2.05) is 35.2 Å². The van der Waals surface area contributed by atoms with Gasteiger partial charge in [-0.1, -0.05) is 42.5 Å². The molecule has 2 unspecified atom stereocenters. The molecule has 2 aromatic rings. The van der Waals surface area contributed by atoms with Gasteiger partial charge < -0.3 is 10.0 Å². The van der Waals surface area contributed by atoms with Crippen LogP contribution in [0, 0.1) is 5.82 Å². The lowest BCUT2D eigenvalue weighted by Gasteiger charge is -2.40. The van der Waals surface area contributed by atoms with E-state index in [1.165, 1.54) is 12.1 Å². The van der Waals surface area contributed by atoms with Gasteiger partial charge in [0.1, 0.15) is 5.82 Å². The van der Waals surface area contributed by atoms with Crippen LogP contribution in [0.25, 0.3) is 0 Å². The molecule has 1 N–H and O–H groups in total. The van der Waals surface area contributed by atoms with Crippen LogP contribution in [0.4, 0.5) is 4.39 Å². The van der Waals surface area contributed by atoms with Crippen LogP contribution in [0.5, 0.6) is 0 Å². The van der Waals surface area contributed by atoms with Crippen molar-refractivity contribution in [2.75, 3.05) is 26.2 Å². The molecule has 2 saturated heterocycles. The number of β-amino-alcohol motifs (C(OH)–C–C–N with tert-alkyl or cyclic N) is 1. The number of aliphatic hydroxyl groups is 1. The summed E-state index contributed by atoms with van der Waals surface area (Å²) in [6, 6.07) is 16.6. The van der Waals surface area contributed by atoms with Crippen LogP contribution in [0.15, 0.2) is 54.6 Å². The van der Waals surface area contributed by atoms with E-state index in [1.54, 1.807) is 12.1 Å². The predicted molar refractivity (Wildman–Crippen MR) is 102 cm³/mol. The first kappa shape index (κ1) is 18.1. The Kier molecular flexibility index (Phi) is 5.23. The molecule has 0 bridgehead atoms. The summed E-state index contributed by atoms with van der Waals surface area (Å²) in [4.78, 5) is 17.5. The molecule has 4 rings (SSSR count). The molecule has 0 spiro atoms. The fraction of sp³-hybridized carbons (Fsp3) is 0.409. The summed E-state index contributed by atoms with van der Waals surface area (Å²) < 4.78 is 13.4. The Morgan fingerprint density at radius 2 is 1.78 bits per heavy atom. The third-order valence-corrected chi connectivity index (χ3v) is 5.74. The SMILES string of the molecule is O=C(C(Cc1ccccc1)c1ccc(F)cc1)N1CCC(N2CC(O)C2)C1. The molecule has 2 fully saturated rings. The van der Waals surface area contributed by atoms with Crippen molar-refractivity contribution in [3.63, 3.8) is 0 Å². The Labute approximate surface area is 159 Å². The molecule has 0 aliphatic carbocycles. The Morgan fingerprint density at radius 1 is 1.07 bits per heavy atom. The molecule has 0 aromatic heterocycles. The van der Waals surface area contributed by atoms with E-state index in [9.17, 15) is 14.3 Å². The molecular weight excluding hydrogens is 343 g/mol. The second-order valence-electron chi connectivity index (χ2n) is 7.63. The van der Waals surface area contributed by atoms with E-state index in [-0.39, 0.29) is 23.7 Å². The number of rotatable bonds is 5. The Balaban J connectivity index is 1.51. The molecule has 1 amide bonds. The zero-order valence-corrected chi connectivity index (χ0v) is 15.3. The molecule has 2 atom stereocenters. The number of amides is 1. The topological polar surface area (TPSA) is 43.8 Å². The molecule has 2 heterocycles. The van der Waals surface area contributed by atoms with Crippen molar-refractivity contribution in [2.45, 2.75) is 30.9 Å². The van der Waals surface area contributed by atoms with Gasteiger partial charge in [0.15, 0.2) is 0 Å². The van der Waals surface area contributed by atoms with Crippen molar-refractivity contribution in [3.8, 4) is 0 Å². The lowest BCUT2D eigenvalue weighted by atomic mass is 9.90. The van der Waals surface area contributed by atoms with Crippen LogP contribution >= 0.6 is 0 Å². The first-order valence-electron chi connectivity index (χ1n) is 9.60. The number of halogens is 1. The Morgan fingerprint density at radius 3 is 2.44 bits per heavy atom. The summed E-state index contributed by atoms with van der Waals surface area (Å²) >= 11 is 0. The van der Waals surface area contributed by atoms with E-state index in [0.29, 0.717) is 32.1 Å². The maximum atomic E-state index is 13.4. The number of carbonyl (C=O) groups is 1. The van der Waals surface area contributed by atoms with Gasteiger partial charge in [-0.25, -0.2) is 4.39 Å². The minimum atomic E-state index is -0.311. The van der Waals surface area contributed by atoms with Gasteiger partial charge in [-0.05, 0) is 36.1 Å². The summed E-state index contributed by atoms with van der Waals surface area (Å²) in [7, 11) is 0. The fourth-order valence-corrected chi connectivity index (χ4v) is 4.14. The van der Waals surface area contributed by atoms with E-state index in [0.717, 1.165) is 24.1 Å². The standard InChI is InChI=1S/C22H25FN2O2/c23-18-8-6-17(7-9-18)21(12-16-4-2-1-3-5-16)22(27)24-11-10-19(13-24)25-14-20(26)15-25/h1-9,19-21,26H,10-15H2. The van der Waals surface area contributed by atoms with Gasteiger partial charge in [-0.2, -0.15) is 0 Å². The molecule has 2 aliphatic rings. The van der Waals surface area contributed by atoms with Gasteiger partial charge in [0, 0.05) is 32.2 Å². The van der Waals surface area contributed by atoms with Gasteiger partial charge in [0.25, 0.3) is 0 Å². The van der Waals surface area contributed by atoms with Crippen LogP contribution in [0.1, 0.15) is 23.5 Å². The van der Waals surface area contributed by atoms with Crippen molar-refractivity contribution in [3.05, 3.63) is 71.5 Å². The lowest BCUT2D eigenvalue weighted by Crippen LogP contribution is -2.56. The van der Waals surface area contributed by atoms with E-state index in [4.69, 9.17) is 0 Å². The molecule has 2 aliphatic heterocycles. The summed E-state index contributed by atoms with van der Waals surface area (Å²) in [6.07, 6.45) is 1.33. The van der Waals surface area contributed by atoms with Gasteiger partial charge >= 0.3 is 0 Å². The number of benzene rings is 2. The molecule has 142 valence electrons. The number of aliphatic hydroxyl groups excluding tert-OH is 1. The van der Waals surface area contributed by atoms with Crippen molar-refractivity contribution in [1.29, 1.82) is 0 Å². The first-order chi connectivity index (χ1) is 13.1. The average Bonchev–Trinajstić information content (AvgIpc) is 3.14. The third kappa shape index (κ3) is 4.04. The molecule has 27 heavy (non-hydrogen) atoms. The van der Waals surface area contributed by atoms with Gasteiger partial charge in [0.2, 0.25) is 5.91 Å². The molecule has 0 saturated carbocycles. The van der Waals surface area contributed by atoms with Crippen LogP contribution in [-0.4, -0.2) is 59.1 Å². The highest BCUT2D eigenvalue weighted by molar-refractivity contribution is 5.84. The van der Waals surface area contributed by atoms with E-state index >= 15 is 0 Å². The average molecular weight is 368 g/mol. The second kappa shape index (κ2) is 7.79. The number of hydrogen-bond donors (Lipinski definition) is 1. The largest absolute Gasteiger partial charge is 0.390 e. The predicted octanol–water partition coefficient (Wildman–Crippen LogP) is 2.43. The van der Waals surface area contributed by atoms with Crippen molar-refractivity contribution < 1.29 is 14.3 Å². The summed E-state index contributed by atoms with van der Waals surface area (Å²) in [5.41, 5.74) is 1.95. The van der Waals surface area contributed by atoms with Crippen molar-refractivity contribution >= 4 is 5.91 Å². The van der Waals surface area contributed by atoms with Crippen molar-refractivity contribution in [2.24, 2.45) is 0 Å². The van der Waals surface area contributed by atoms with Gasteiger partial charge in [-0.3, -0.25) is 9.69 Å². The highest BCUT2D eigenvalue weighted by Crippen LogP contribution is 2.28. The number of carbonyl (C=O) groups excluding carboxylic acids is 1. The smallest absolute Gasteiger partial charge is 0.230 e. The van der Waals surface area contributed by atoms with Crippen LogP contribution < -0.4 is 0 Å². The molecule has 0 radical (unpaired) electrons. The third-order valence-electron chi connectivity index (χ3n) is 5.74. The molecule has 4 nitrogen and oxygen atoms in total. The highest BCUT2D eigenvalue weighted by atomic mass is 19.1. The van der Waals surface area contributed by atoms with E-state index in [2.05, 4.69) is 4.90 Å². The van der Waals surface area contributed by atoms with Gasteiger partial charge in [0.05, 0.1) is 12.0 Å². The maximum absolute atomic E-state index is 13.4. The first-order valence-corrected chi connectivity index (χ1v) is 9.60. The fourth-order valence-electron chi connectivity index (χ4n) is 4.14. The highest BCUT2D eigenvalue weighted by Gasteiger charge is 2.38. The minimum Gasteiger partial charge on any atom is -0.390 e. The normalized spacial score (nSPS) is 21.9. The monoisotopic (exact) mass is 368 g/mol. The van der Waals surface area contributed by atoms with E-state index < -0.39 is 0 Å². The number of likely N-dealkylation sites (tertiary alicyclic amines) is 2. The van der Waals surface area contributed by atoms with Crippen molar-refractivity contribution in [1.82, 2.24) is 9.80 Å². The number of hydrogen-bond acceptors (Lipinski definition) is 3. The summed E-state index contributed by atoms with van der Waals surface area (Å²) in [5, 5.41) is 9.52. The summed E-state index contributed by atoms with van der Waals surface area (Å²) in [6.45, 7) is 2.86. The molecular formula is C22H25FN2O2. The summed E-state index contributed by atoms with van der Waals surface area (Å²) in [5.74, 6) is -0.495. The Bertz CT molecular complexity index is 775.